The van der Waals surface area contributed by atoms with Crippen molar-refractivity contribution in [1.82, 2.24) is 9.47 Å². The lowest BCUT2D eigenvalue weighted by atomic mass is 10.2. The minimum absolute atomic E-state index is 0.0859. The van der Waals surface area contributed by atoms with Gasteiger partial charge in [-0.05, 0) is 32.3 Å². The highest BCUT2D eigenvalue weighted by atomic mass is 16.5. The largest absolute Gasteiger partial charge is 0.376 e. The van der Waals surface area contributed by atoms with Crippen molar-refractivity contribution in [3.05, 3.63) is 28.2 Å². The van der Waals surface area contributed by atoms with Gasteiger partial charge in [-0.2, -0.15) is 0 Å². The highest BCUT2D eigenvalue weighted by Gasteiger charge is 2.21. The first-order valence-electron chi connectivity index (χ1n) is 7.36. The molecule has 0 spiro atoms. The van der Waals surface area contributed by atoms with Gasteiger partial charge in [-0.15, -0.1) is 0 Å². The highest BCUT2D eigenvalue weighted by Crippen LogP contribution is 2.15. The molecule has 6 nitrogen and oxygen atoms in total. The summed E-state index contributed by atoms with van der Waals surface area (Å²) >= 11 is 0. The number of ether oxygens (including phenoxy) is 1. The number of amides is 2. The Morgan fingerprint density at radius 1 is 1.57 bits per heavy atom. The number of urea groups is 1. The van der Waals surface area contributed by atoms with Crippen LogP contribution < -0.4 is 10.9 Å². The zero-order valence-corrected chi connectivity index (χ0v) is 12.9. The fraction of sp³-hybridized carbons (Fsp3) is 0.600. The molecule has 6 heteroatoms. The number of aromatic nitrogens is 1. The molecule has 2 amide bonds. The number of carbonyl (C=O) groups excluding carboxylic acids is 1. The second-order valence-corrected chi connectivity index (χ2v) is 5.42. The summed E-state index contributed by atoms with van der Waals surface area (Å²) in [7, 11) is 1.67. The first kappa shape index (κ1) is 15.6. The average Bonchev–Trinajstić information content (AvgIpc) is 2.95. The van der Waals surface area contributed by atoms with Gasteiger partial charge >= 0.3 is 6.03 Å². The van der Waals surface area contributed by atoms with E-state index in [0.717, 1.165) is 25.0 Å². The van der Waals surface area contributed by atoms with Crippen LogP contribution in [-0.4, -0.2) is 41.3 Å². The maximum Gasteiger partial charge on any atom is 0.321 e. The van der Waals surface area contributed by atoms with E-state index >= 15 is 0 Å². The smallest absolute Gasteiger partial charge is 0.321 e. The molecule has 1 fully saturated rings. The van der Waals surface area contributed by atoms with Crippen molar-refractivity contribution < 1.29 is 9.53 Å². The van der Waals surface area contributed by atoms with Crippen molar-refractivity contribution in [2.75, 3.05) is 25.0 Å². The molecule has 1 aromatic rings. The minimum atomic E-state index is -0.158. The number of nitrogens with one attached hydrogen (secondary N) is 1. The molecule has 1 aliphatic heterocycles. The van der Waals surface area contributed by atoms with Crippen molar-refractivity contribution in [3.63, 3.8) is 0 Å². The summed E-state index contributed by atoms with van der Waals surface area (Å²) in [5.41, 5.74) is 1.34. The SMILES string of the molecule is CCN(C[C@H]1CCCO1)C(=O)Nc1cn(C)c(=O)cc1C. The van der Waals surface area contributed by atoms with Crippen LogP contribution >= 0.6 is 0 Å². The van der Waals surface area contributed by atoms with Gasteiger partial charge in [0.1, 0.15) is 0 Å². The van der Waals surface area contributed by atoms with E-state index in [1.165, 1.54) is 10.6 Å². The lowest BCUT2D eigenvalue weighted by Gasteiger charge is -2.24. The molecule has 21 heavy (non-hydrogen) atoms. The second kappa shape index (κ2) is 6.76. The first-order chi connectivity index (χ1) is 10.0. The molecule has 1 saturated heterocycles. The number of aryl methyl sites for hydroxylation is 2. The van der Waals surface area contributed by atoms with E-state index in [4.69, 9.17) is 4.74 Å². The zero-order valence-electron chi connectivity index (χ0n) is 12.9. The van der Waals surface area contributed by atoms with Gasteiger partial charge in [0.05, 0.1) is 11.8 Å². The van der Waals surface area contributed by atoms with Crippen molar-refractivity contribution >= 4 is 11.7 Å². The summed E-state index contributed by atoms with van der Waals surface area (Å²) in [5, 5.41) is 2.87. The highest BCUT2D eigenvalue weighted by molar-refractivity contribution is 5.89. The topological polar surface area (TPSA) is 63.6 Å². The molecule has 1 atom stereocenters. The van der Waals surface area contributed by atoms with Crippen molar-refractivity contribution in [3.8, 4) is 0 Å². The number of hydrogen-bond donors (Lipinski definition) is 1. The maximum atomic E-state index is 12.4. The summed E-state index contributed by atoms with van der Waals surface area (Å²) in [6.07, 6.45) is 3.85. The molecule has 1 aliphatic rings. The number of pyridine rings is 1. The summed E-state index contributed by atoms with van der Waals surface area (Å²) in [6.45, 7) is 5.77. The van der Waals surface area contributed by atoms with Crippen LogP contribution in [0.4, 0.5) is 10.5 Å². The summed E-state index contributed by atoms with van der Waals surface area (Å²) in [6, 6.07) is 1.36. The fourth-order valence-corrected chi connectivity index (χ4v) is 2.44. The first-order valence-corrected chi connectivity index (χ1v) is 7.36. The Morgan fingerprint density at radius 3 is 2.95 bits per heavy atom. The Hall–Kier alpha value is -1.82. The van der Waals surface area contributed by atoms with Gasteiger partial charge in [-0.1, -0.05) is 0 Å². The van der Waals surface area contributed by atoms with Gasteiger partial charge in [-0.3, -0.25) is 4.79 Å². The van der Waals surface area contributed by atoms with Gasteiger partial charge in [-0.25, -0.2) is 4.79 Å². The molecule has 116 valence electrons. The third kappa shape index (κ3) is 3.85. The predicted octanol–water partition coefficient (Wildman–Crippen LogP) is 1.73. The molecule has 0 saturated carbocycles. The van der Waals surface area contributed by atoms with E-state index in [1.807, 2.05) is 13.8 Å². The van der Waals surface area contributed by atoms with Crippen molar-refractivity contribution in [1.29, 1.82) is 0 Å². The minimum Gasteiger partial charge on any atom is -0.376 e. The lowest BCUT2D eigenvalue weighted by Crippen LogP contribution is -2.40. The van der Waals surface area contributed by atoms with E-state index in [0.29, 0.717) is 18.8 Å². The van der Waals surface area contributed by atoms with Gasteiger partial charge in [0.25, 0.3) is 5.56 Å². The van der Waals surface area contributed by atoms with Crippen LogP contribution in [-0.2, 0) is 11.8 Å². The van der Waals surface area contributed by atoms with Gasteiger partial charge in [0.15, 0.2) is 0 Å². The van der Waals surface area contributed by atoms with E-state index in [1.54, 1.807) is 18.1 Å². The molecule has 0 radical (unpaired) electrons. The van der Waals surface area contributed by atoms with E-state index in [9.17, 15) is 9.59 Å². The summed E-state index contributed by atoms with van der Waals surface area (Å²) in [5.74, 6) is 0. The van der Waals surface area contributed by atoms with Crippen molar-refractivity contribution in [2.45, 2.75) is 32.8 Å². The molecule has 0 bridgehead atoms. The quantitative estimate of drug-likeness (QED) is 0.919. The summed E-state index contributed by atoms with van der Waals surface area (Å²) < 4.78 is 7.03. The number of carbonyl (C=O) groups is 1. The number of rotatable bonds is 4. The zero-order chi connectivity index (χ0) is 15.4. The Labute approximate surface area is 124 Å². The molecule has 2 heterocycles. The Kier molecular flexibility index (Phi) is 5.01. The van der Waals surface area contributed by atoms with Gasteiger partial charge in [0, 0.05) is 39.0 Å². The molecule has 1 aromatic heterocycles. The molecule has 1 N–H and O–H groups in total. The lowest BCUT2D eigenvalue weighted by molar-refractivity contribution is 0.0849. The number of nitrogens with zero attached hydrogens (tertiary/aromatic N) is 2. The van der Waals surface area contributed by atoms with Crippen LogP contribution in [0.15, 0.2) is 17.1 Å². The standard InChI is InChI=1S/C15H23N3O3/c1-4-18(9-12-6-5-7-21-12)15(20)16-13-10-17(3)14(19)8-11(13)2/h8,10,12H,4-7,9H2,1-3H3,(H,16,20)/t12-/m1/s1. The van der Waals surface area contributed by atoms with Gasteiger partial charge < -0.3 is 19.5 Å². The normalized spacial score (nSPS) is 17.8. The molecule has 0 aliphatic carbocycles. The number of likely N-dealkylation sites (N-methyl/N-ethyl adjacent to an activating group) is 1. The van der Waals surface area contributed by atoms with Crippen LogP contribution in [0.2, 0.25) is 0 Å². The van der Waals surface area contributed by atoms with Crippen LogP contribution in [0.25, 0.3) is 0 Å². The van der Waals surface area contributed by atoms with Crippen LogP contribution in [0.3, 0.4) is 0 Å². The third-order valence-electron chi connectivity index (χ3n) is 3.79. The molecular formula is C15H23N3O3. The number of anilines is 1. The fourth-order valence-electron chi connectivity index (χ4n) is 2.44. The van der Waals surface area contributed by atoms with Crippen LogP contribution in [0.5, 0.6) is 0 Å². The van der Waals surface area contributed by atoms with E-state index in [-0.39, 0.29) is 17.7 Å². The number of hydrogen-bond acceptors (Lipinski definition) is 3. The monoisotopic (exact) mass is 293 g/mol. The molecule has 2 rings (SSSR count). The second-order valence-electron chi connectivity index (χ2n) is 5.42. The van der Waals surface area contributed by atoms with Gasteiger partial charge in [0.2, 0.25) is 0 Å². The Balaban J connectivity index is 2.04. The molecule has 0 unspecified atom stereocenters. The van der Waals surface area contributed by atoms with E-state index in [2.05, 4.69) is 5.32 Å². The Bertz CT molecular complexity index is 562. The third-order valence-corrected chi connectivity index (χ3v) is 3.79. The van der Waals surface area contributed by atoms with Crippen LogP contribution in [0.1, 0.15) is 25.3 Å². The maximum absolute atomic E-state index is 12.4. The molecule has 0 aromatic carbocycles. The Morgan fingerprint density at radius 2 is 2.33 bits per heavy atom. The average molecular weight is 293 g/mol. The van der Waals surface area contributed by atoms with Crippen LogP contribution in [0, 0.1) is 6.92 Å². The summed E-state index contributed by atoms with van der Waals surface area (Å²) in [4.78, 5) is 25.6. The van der Waals surface area contributed by atoms with Crippen molar-refractivity contribution in [2.24, 2.45) is 7.05 Å². The molecular weight excluding hydrogens is 270 g/mol. The predicted molar refractivity (Wildman–Crippen MR) is 81.7 cm³/mol. The van der Waals surface area contributed by atoms with E-state index < -0.39 is 0 Å².